The summed E-state index contributed by atoms with van der Waals surface area (Å²) in [5.74, 6) is -1.87. The van der Waals surface area contributed by atoms with Gasteiger partial charge in [0.15, 0.2) is 0 Å². The van der Waals surface area contributed by atoms with Crippen molar-refractivity contribution in [3.63, 3.8) is 0 Å². The monoisotopic (exact) mass is 405 g/mol. The number of carbonyl (C=O) groups is 2. The molecule has 128 valence electrons. The Kier molecular flexibility index (Phi) is 3.50. The lowest BCUT2D eigenvalue weighted by Gasteiger charge is -2.13. The number of phenolic OH excluding ortho intramolecular Hbond substituents is 1. The lowest BCUT2D eigenvalue weighted by atomic mass is 9.85. The Morgan fingerprint density at radius 2 is 1.84 bits per heavy atom. The quantitative estimate of drug-likeness (QED) is 0.272. The fourth-order valence-corrected chi connectivity index (χ4v) is 4.43. The van der Waals surface area contributed by atoms with Gasteiger partial charge in [0.2, 0.25) is 5.75 Å². The highest BCUT2D eigenvalue weighted by Gasteiger charge is 2.59. The fourth-order valence-electron chi connectivity index (χ4n) is 3.96. The van der Waals surface area contributed by atoms with Gasteiger partial charge in [-0.05, 0) is 24.3 Å². The van der Waals surface area contributed by atoms with Gasteiger partial charge in [0.1, 0.15) is 0 Å². The second-order valence-electron chi connectivity index (χ2n) is 6.35. The zero-order valence-electron chi connectivity index (χ0n) is 12.7. The van der Waals surface area contributed by atoms with Crippen molar-refractivity contribution in [2.75, 3.05) is 0 Å². The Morgan fingerprint density at radius 3 is 2.40 bits per heavy atom. The van der Waals surface area contributed by atoms with Gasteiger partial charge in [-0.1, -0.05) is 28.1 Å². The summed E-state index contributed by atoms with van der Waals surface area (Å²) < 4.78 is 0.372. The van der Waals surface area contributed by atoms with Crippen LogP contribution in [0.3, 0.4) is 0 Å². The number of carbonyl (C=O) groups excluding carboxylic acids is 2. The molecule has 1 aliphatic heterocycles. The van der Waals surface area contributed by atoms with Crippen LogP contribution < -0.4 is 0 Å². The number of hydrogen-bond donors (Lipinski definition) is 1. The molecule has 2 amide bonds. The molecule has 1 saturated carbocycles. The van der Waals surface area contributed by atoms with Crippen molar-refractivity contribution in [2.24, 2.45) is 28.8 Å². The first-order valence-corrected chi connectivity index (χ1v) is 8.45. The molecule has 1 saturated heterocycles. The van der Waals surface area contributed by atoms with Crippen molar-refractivity contribution in [1.29, 1.82) is 0 Å². The smallest absolute Gasteiger partial charge is 0.312 e. The van der Waals surface area contributed by atoms with E-state index >= 15 is 0 Å². The summed E-state index contributed by atoms with van der Waals surface area (Å²) in [5, 5.41) is 25.7. The summed E-state index contributed by atoms with van der Waals surface area (Å²) in [4.78, 5) is 35.3. The second-order valence-corrected chi connectivity index (χ2v) is 7.27. The van der Waals surface area contributed by atoms with Crippen LogP contribution in [0.2, 0.25) is 0 Å². The van der Waals surface area contributed by atoms with Crippen LogP contribution >= 0.6 is 15.9 Å². The molecule has 25 heavy (non-hydrogen) atoms. The molecule has 1 heterocycles. The molecular weight excluding hydrogens is 394 g/mol. The highest BCUT2D eigenvalue weighted by atomic mass is 79.9. The number of allylic oxidation sites excluding steroid dienone is 2. The third kappa shape index (κ3) is 2.30. The van der Waals surface area contributed by atoms with Crippen LogP contribution in [0.5, 0.6) is 5.75 Å². The number of hydrogen-bond acceptors (Lipinski definition) is 6. The summed E-state index contributed by atoms with van der Waals surface area (Å²) in [6.45, 7) is 0. The van der Waals surface area contributed by atoms with Crippen LogP contribution in [0.25, 0.3) is 0 Å². The van der Waals surface area contributed by atoms with E-state index in [1.54, 1.807) is 0 Å². The molecule has 0 aromatic heterocycles. The molecular formula is C16H12BrN3O5. The third-order valence-corrected chi connectivity index (χ3v) is 5.50. The van der Waals surface area contributed by atoms with Gasteiger partial charge in [-0.2, -0.15) is 10.1 Å². The number of halogens is 1. The summed E-state index contributed by atoms with van der Waals surface area (Å²) in [6, 6.07) is 2.58. The van der Waals surface area contributed by atoms with Crippen molar-refractivity contribution < 1.29 is 19.6 Å². The number of hydrazone groups is 1. The maximum absolute atomic E-state index is 12.5. The van der Waals surface area contributed by atoms with Gasteiger partial charge in [0.25, 0.3) is 11.8 Å². The van der Waals surface area contributed by atoms with Gasteiger partial charge >= 0.3 is 5.69 Å². The molecule has 9 heteroatoms. The number of imide groups is 1. The SMILES string of the molecule is O=C1[C@@H]2[C@H](C(=O)N1/N=C\c1cc(Br)cc([N+](=O)[O-])c1O)[C@H]1C=C[C@H]2C1. The fraction of sp³-hybridized carbons (Fsp3) is 0.312. The minimum atomic E-state index is -0.725. The van der Waals surface area contributed by atoms with Gasteiger partial charge < -0.3 is 5.11 Å². The Labute approximate surface area is 150 Å². The van der Waals surface area contributed by atoms with E-state index < -0.39 is 16.4 Å². The number of rotatable bonds is 3. The predicted octanol–water partition coefficient (Wildman–Crippen LogP) is 2.20. The Morgan fingerprint density at radius 1 is 1.24 bits per heavy atom. The molecule has 2 bridgehead atoms. The number of nitrogens with zero attached hydrogens (tertiary/aromatic N) is 3. The van der Waals surface area contributed by atoms with Crippen molar-refractivity contribution in [2.45, 2.75) is 6.42 Å². The van der Waals surface area contributed by atoms with E-state index in [4.69, 9.17) is 0 Å². The molecule has 1 aromatic rings. The van der Waals surface area contributed by atoms with E-state index in [9.17, 15) is 24.8 Å². The second kappa shape index (κ2) is 5.48. The van der Waals surface area contributed by atoms with Crippen LogP contribution in [0, 0.1) is 33.8 Å². The van der Waals surface area contributed by atoms with Gasteiger partial charge in [-0.25, -0.2) is 0 Å². The van der Waals surface area contributed by atoms with Crippen molar-refractivity contribution in [3.8, 4) is 5.75 Å². The van der Waals surface area contributed by atoms with Crippen LogP contribution in [0.1, 0.15) is 12.0 Å². The molecule has 3 aliphatic rings. The molecule has 0 spiro atoms. The van der Waals surface area contributed by atoms with Gasteiger partial charge in [-0.15, -0.1) is 0 Å². The predicted molar refractivity (Wildman–Crippen MR) is 89.6 cm³/mol. The first kappa shape index (κ1) is 15.9. The first-order chi connectivity index (χ1) is 11.9. The van der Waals surface area contributed by atoms with E-state index in [0.717, 1.165) is 23.7 Å². The molecule has 1 aromatic carbocycles. The number of nitro benzene ring substituents is 1. The van der Waals surface area contributed by atoms with Crippen LogP contribution in [-0.4, -0.2) is 33.1 Å². The lowest BCUT2D eigenvalue weighted by molar-refractivity contribution is -0.385. The third-order valence-electron chi connectivity index (χ3n) is 5.04. The highest BCUT2D eigenvalue weighted by Crippen LogP contribution is 2.52. The van der Waals surface area contributed by atoms with Crippen LogP contribution in [-0.2, 0) is 9.59 Å². The van der Waals surface area contributed by atoms with Crippen molar-refractivity contribution in [3.05, 3.63) is 44.4 Å². The number of amides is 2. The minimum absolute atomic E-state index is 0.0415. The summed E-state index contributed by atoms with van der Waals surface area (Å²) >= 11 is 3.12. The van der Waals surface area contributed by atoms with E-state index in [-0.39, 0.29) is 41.0 Å². The van der Waals surface area contributed by atoms with Crippen LogP contribution in [0.4, 0.5) is 5.69 Å². The maximum atomic E-state index is 12.5. The van der Waals surface area contributed by atoms with Crippen LogP contribution in [0.15, 0.2) is 33.9 Å². The average molecular weight is 406 g/mol. The summed E-state index contributed by atoms with van der Waals surface area (Å²) in [5.41, 5.74) is -0.450. The van der Waals surface area contributed by atoms with Crippen molar-refractivity contribution in [1.82, 2.24) is 5.01 Å². The highest BCUT2D eigenvalue weighted by molar-refractivity contribution is 9.10. The lowest BCUT2D eigenvalue weighted by Crippen LogP contribution is -2.28. The maximum Gasteiger partial charge on any atom is 0.312 e. The summed E-state index contributed by atoms with van der Waals surface area (Å²) in [7, 11) is 0. The minimum Gasteiger partial charge on any atom is -0.502 e. The molecule has 4 rings (SSSR count). The molecule has 8 nitrogen and oxygen atoms in total. The average Bonchev–Trinajstić information content (AvgIpc) is 3.23. The molecule has 2 aliphatic carbocycles. The molecule has 0 radical (unpaired) electrons. The zero-order valence-corrected chi connectivity index (χ0v) is 14.3. The molecule has 4 atom stereocenters. The Hall–Kier alpha value is -2.55. The van der Waals surface area contributed by atoms with E-state index in [2.05, 4.69) is 21.0 Å². The number of aromatic hydroxyl groups is 1. The van der Waals surface area contributed by atoms with Gasteiger partial charge in [0.05, 0.1) is 23.0 Å². The van der Waals surface area contributed by atoms with E-state index in [1.165, 1.54) is 6.07 Å². The zero-order chi connectivity index (χ0) is 17.9. The molecule has 2 fully saturated rings. The van der Waals surface area contributed by atoms with E-state index in [1.807, 2.05) is 12.2 Å². The standard InChI is InChI=1S/C16H12BrN3O5/c17-10-4-9(14(21)11(5-10)20(24)25)6-18-19-15(22)12-7-1-2-8(3-7)13(12)16(19)23/h1-2,4-8,12-13,21H,3H2/b18-6-/t7-,8-,12-,13+/m0/s1. The van der Waals surface area contributed by atoms with Crippen molar-refractivity contribution >= 4 is 39.6 Å². The van der Waals surface area contributed by atoms with Gasteiger partial charge in [-0.3, -0.25) is 19.7 Å². The van der Waals surface area contributed by atoms with Gasteiger partial charge in [0, 0.05) is 16.1 Å². The number of fused-ring (bicyclic) bond motifs is 5. The number of benzene rings is 1. The topological polar surface area (TPSA) is 113 Å². The number of phenols is 1. The normalized spacial score (nSPS) is 29.9. The number of nitro groups is 1. The Balaban J connectivity index is 1.64. The molecule has 1 N–H and O–H groups in total. The Bertz CT molecular complexity index is 851. The summed E-state index contributed by atoms with van der Waals surface area (Å²) in [6.07, 6.45) is 5.88. The first-order valence-electron chi connectivity index (χ1n) is 7.65. The molecule has 0 unspecified atom stereocenters. The van der Waals surface area contributed by atoms with E-state index in [0.29, 0.717) is 4.47 Å². The largest absolute Gasteiger partial charge is 0.502 e.